The third-order valence-electron chi connectivity index (χ3n) is 4.72. The highest BCUT2D eigenvalue weighted by atomic mass is 32.1. The van der Waals surface area contributed by atoms with Crippen LogP contribution in [0.2, 0.25) is 0 Å². The lowest BCUT2D eigenvalue weighted by molar-refractivity contribution is 0.201. The average Bonchev–Trinajstić information content (AvgIpc) is 3.04. The zero-order valence-corrected chi connectivity index (χ0v) is 13.3. The number of thiazole rings is 1. The maximum atomic E-state index is 4.95. The van der Waals surface area contributed by atoms with Gasteiger partial charge in [-0.1, -0.05) is 26.2 Å². The molecule has 1 aromatic heterocycles. The van der Waals surface area contributed by atoms with E-state index in [9.17, 15) is 0 Å². The van der Waals surface area contributed by atoms with Crippen molar-refractivity contribution >= 4 is 11.3 Å². The quantitative estimate of drug-likeness (QED) is 0.844. The largest absolute Gasteiger partial charge is 0.303 e. The van der Waals surface area contributed by atoms with Gasteiger partial charge >= 0.3 is 0 Å². The maximum Gasteiger partial charge on any atom is 0.113 e. The predicted molar refractivity (Wildman–Crippen MR) is 81.7 cm³/mol. The Hall–Kier alpha value is -0.410. The van der Waals surface area contributed by atoms with Crippen LogP contribution < -0.4 is 5.32 Å². The molecule has 0 spiro atoms. The van der Waals surface area contributed by atoms with E-state index in [0.29, 0.717) is 0 Å². The molecular weight excluding hydrogens is 252 g/mol. The summed E-state index contributed by atoms with van der Waals surface area (Å²) in [5.41, 5.74) is 1.42. The first kappa shape index (κ1) is 13.6. The molecule has 1 unspecified atom stereocenters. The van der Waals surface area contributed by atoms with Gasteiger partial charge in [0.25, 0.3) is 0 Å². The maximum absolute atomic E-state index is 4.95. The smallest absolute Gasteiger partial charge is 0.113 e. The van der Waals surface area contributed by atoms with Gasteiger partial charge in [-0.05, 0) is 45.4 Å². The molecule has 106 valence electrons. The molecular formula is C16H26N2S. The Labute approximate surface area is 121 Å². The van der Waals surface area contributed by atoms with E-state index >= 15 is 0 Å². The third-order valence-corrected chi connectivity index (χ3v) is 6.00. The molecule has 0 amide bonds. The van der Waals surface area contributed by atoms with Gasteiger partial charge in [0.05, 0.1) is 11.2 Å². The average molecular weight is 278 g/mol. The molecule has 3 heteroatoms. The van der Waals surface area contributed by atoms with Gasteiger partial charge in [-0.3, -0.25) is 0 Å². The molecule has 1 aromatic rings. The van der Waals surface area contributed by atoms with Gasteiger partial charge in [0.2, 0.25) is 0 Å². The molecule has 2 aliphatic carbocycles. The SMILES string of the molecule is CCc1nc(C(C)(CC2CCC2)NC2CC2)sc1C. The molecule has 2 fully saturated rings. The van der Waals surface area contributed by atoms with Crippen molar-refractivity contribution in [3.05, 3.63) is 15.6 Å². The van der Waals surface area contributed by atoms with Gasteiger partial charge in [-0.2, -0.15) is 0 Å². The van der Waals surface area contributed by atoms with Crippen LogP contribution in [-0.4, -0.2) is 11.0 Å². The van der Waals surface area contributed by atoms with E-state index in [-0.39, 0.29) is 5.54 Å². The van der Waals surface area contributed by atoms with Crippen LogP contribution in [0.25, 0.3) is 0 Å². The van der Waals surface area contributed by atoms with Crippen molar-refractivity contribution in [2.45, 2.75) is 77.3 Å². The fourth-order valence-corrected chi connectivity index (χ4v) is 4.27. The highest BCUT2D eigenvalue weighted by Crippen LogP contribution is 2.41. The van der Waals surface area contributed by atoms with Crippen molar-refractivity contribution in [1.82, 2.24) is 10.3 Å². The van der Waals surface area contributed by atoms with Gasteiger partial charge in [0.1, 0.15) is 5.01 Å². The second-order valence-corrected chi connectivity index (χ2v) is 7.83. The summed E-state index contributed by atoms with van der Waals surface area (Å²) in [6.07, 6.45) is 9.32. The fourth-order valence-electron chi connectivity index (χ4n) is 3.15. The van der Waals surface area contributed by atoms with E-state index in [2.05, 4.69) is 26.1 Å². The minimum atomic E-state index is 0.120. The first-order valence-corrected chi connectivity index (χ1v) is 8.67. The molecule has 0 aliphatic heterocycles. The first-order chi connectivity index (χ1) is 9.10. The number of hydrogen-bond donors (Lipinski definition) is 1. The second kappa shape index (κ2) is 5.17. The Morgan fingerprint density at radius 1 is 1.32 bits per heavy atom. The zero-order chi connectivity index (χ0) is 13.5. The lowest BCUT2D eigenvalue weighted by Gasteiger charge is -2.36. The molecule has 19 heavy (non-hydrogen) atoms. The van der Waals surface area contributed by atoms with Crippen LogP contribution in [0.5, 0.6) is 0 Å². The van der Waals surface area contributed by atoms with Gasteiger partial charge in [0, 0.05) is 10.9 Å². The predicted octanol–water partition coefficient (Wildman–Crippen LogP) is 4.17. The minimum absolute atomic E-state index is 0.120. The Morgan fingerprint density at radius 2 is 2.05 bits per heavy atom. The number of rotatable bonds is 6. The molecule has 0 saturated heterocycles. The van der Waals surface area contributed by atoms with Crippen LogP contribution in [-0.2, 0) is 12.0 Å². The first-order valence-electron chi connectivity index (χ1n) is 7.85. The molecule has 1 atom stereocenters. The summed E-state index contributed by atoms with van der Waals surface area (Å²) < 4.78 is 0. The molecule has 1 heterocycles. The van der Waals surface area contributed by atoms with Crippen molar-refractivity contribution < 1.29 is 0 Å². The lowest BCUT2D eigenvalue weighted by Crippen LogP contribution is -2.43. The summed E-state index contributed by atoms with van der Waals surface area (Å²) in [6, 6.07) is 0.749. The van der Waals surface area contributed by atoms with Crippen molar-refractivity contribution in [1.29, 1.82) is 0 Å². The van der Waals surface area contributed by atoms with Crippen molar-refractivity contribution in [2.75, 3.05) is 0 Å². The number of aromatic nitrogens is 1. The van der Waals surface area contributed by atoms with Crippen LogP contribution >= 0.6 is 11.3 Å². The Bertz CT molecular complexity index is 446. The van der Waals surface area contributed by atoms with Crippen molar-refractivity contribution in [3.63, 3.8) is 0 Å². The Kier molecular flexibility index (Phi) is 3.69. The van der Waals surface area contributed by atoms with Gasteiger partial charge in [0.15, 0.2) is 0 Å². The van der Waals surface area contributed by atoms with E-state index in [1.54, 1.807) is 0 Å². The lowest BCUT2D eigenvalue weighted by atomic mass is 9.76. The highest BCUT2D eigenvalue weighted by Gasteiger charge is 2.39. The number of hydrogen-bond acceptors (Lipinski definition) is 3. The van der Waals surface area contributed by atoms with E-state index in [0.717, 1.165) is 18.4 Å². The van der Waals surface area contributed by atoms with Crippen LogP contribution in [0, 0.1) is 12.8 Å². The molecule has 0 aromatic carbocycles. The Balaban J connectivity index is 1.82. The Morgan fingerprint density at radius 3 is 2.53 bits per heavy atom. The summed E-state index contributed by atoms with van der Waals surface area (Å²) >= 11 is 1.92. The molecule has 1 N–H and O–H groups in total. The van der Waals surface area contributed by atoms with Gasteiger partial charge < -0.3 is 5.32 Å². The fraction of sp³-hybridized carbons (Fsp3) is 0.812. The summed E-state index contributed by atoms with van der Waals surface area (Å²) in [7, 11) is 0. The monoisotopic (exact) mass is 278 g/mol. The summed E-state index contributed by atoms with van der Waals surface area (Å²) in [5.74, 6) is 0.922. The number of aryl methyl sites for hydroxylation is 2. The van der Waals surface area contributed by atoms with E-state index in [1.165, 1.54) is 54.1 Å². The summed E-state index contributed by atoms with van der Waals surface area (Å²) in [6.45, 7) is 6.83. The van der Waals surface area contributed by atoms with Crippen LogP contribution in [0.15, 0.2) is 0 Å². The number of nitrogens with one attached hydrogen (secondary N) is 1. The van der Waals surface area contributed by atoms with E-state index in [1.807, 2.05) is 11.3 Å². The summed E-state index contributed by atoms with van der Waals surface area (Å²) in [5, 5.41) is 5.23. The van der Waals surface area contributed by atoms with Crippen molar-refractivity contribution in [3.8, 4) is 0 Å². The molecule has 2 saturated carbocycles. The normalized spacial score (nSPS) is 23.1. The highest BCUT2D eigenvalue weighted by molar-refractivity contribution is 7.11. The van der Waals surface area contributed by atoms with Gasteiger partial charge in [-0.25, -0.2) is 4.98 Å². The van der Waals surface area contributed by atoms with Crippen LogP contribution in [0.1, 0.15) is 68.0 Å². The van der Waals surface area contributed by atoms with Crippen LogP contribution in [0.4, 0.5) is 0 Å². The molecule has 0 bridgehead atoms. The summed E-state index contributed by atoms with van der Waals surface area (Å²) in [4.78, 5) is 6.36. The third kappa shape index (κ3) is 2.87. The molecule has 2 nitrogen and oxygen atoms in total. The minimum Gasteiger partial charge on any atom is -0.303 e. The van der Waals surface area contributed by atoms with Crippen molar-refractivity contribution in [2.24, 2.45) is 5.92 Å². The van der Waals surface area contributed by atoms with E-state index in [4.69, 9.17) is 4.98 Å². The molecule has 0 radical (unpaired) electrons. The molecule has 3 rings (SSSR count). The van der Waals surface area contributed by atoms with Gasteiger partial charge in [-0.15, -0.1) is 11.3 Å². The number of nitrogens with zero attached hydrogens (tertiary/aromatic N) is 1. The second-order valence-electron chi connectivity index (χ2n) is 6.63. The van der Waals surface area contributed by atoms with E-state index < -0.39 is 0 Å². The topological polar surface area (TPSA) is 24.9 Å². The van der Waals surface area contributed by atoms with Crippen LogP contribution in [0.3, 0.4) is 0 Å². The molecule has 2 aliphatic rings. The zero-order valence-electron chi connectivity index (χ0n) is 12.5. The standard InChI is InChI=1S/C16H26N2S/c1-4-14-11(2)19-15(17-14)16(3,18-13-8-9-13)10-12-6-5-7-12/h12-13,18H,4-10H2,1-3H3.